The fourth-order valence-electron chi connectivity index (χ4n) is 5.80. The van der Waals surface area contributed by atoms with Crippen LogP contribution in [-0.4, -0.2) is 60.4 Å². The summed E-state index contributed by atoms with van der Waals surface area (Å²) < 4.78 is 7.25. The molecule has 0 aliphatic carbocycles. The fourth-order valence-corrected chi connectivity index (χ4v) is 6.22. The van der Waals surface area contributed by atoms with E-state index >= 15 is 0 Å². The minimum atomic E-state index is -0.472. The van der Waals surface area contributed by atoms with Gasteiger partial charge in [0.1, 0.15) is 5.75 Å². The number of piperazine rings is 1. The van der Waals surface area contributed by atoms with E-state index in [4.69, 9.17) is 27.9 Å². The van der Waals surface area contributed by atoms with Gasteiger partial charge < -0.3 is 15.0 Å². The molecule has 0 atom stereocenters. The number of nitrogens with one attached hydrogen (secondary N) is 1. The summed E-state index contributed by atoms with van der Waals surface area (Å²) in [5, 5.41) is 5.07. The maximum atomic E-state index is 13.3. The second-order valence-electron chi connectivity index (χ2n) is 12.7. The first-order chi connectivity index (χ1) is 19.3. The Labute approximate surface area is 253 Å². The quantitative estimate of drug-likeness (QED) is 0.266. The molecule has 9 heteroatoms. The SMILES string of the molecule is CC(C)(C)CC(C)(C)NC(=O)n1c(=O)ccc2ccc(OCCCCN3CCN(c4cccc(Cl)c4Cl)CC3)cc21. The van der Waals surface area contributed by atoms with Gasteiger partial charge in [0, 0.05) is 43.9 Å². The maximum absolute atomic E-state index is 13.3. The molecule has 1 aliphatic rings. The highest BCUT2D eigenvalue weighted by atomic mass is 35.5. The van der Waals surface area contributed by atoms with Gasteiger partial charge in [-0.2, -0.15) is 0 Å². The minimum absolute atomic E-state index is 0.0289. The Morgan fingerprint density at radius 3 is 2.37 bits per heavy atom. The molecule has 222 valence electrons. The van der Waals surface area contributed by atoms with Crippen molar-refractivity contribution in [2.24, 2.45) is 5.41 Å². The average molecular weight is 602 g/mol. The molecule has 0 bridgehead atoms. The van der Waals surface area contributed by atoms with Gasteiger partial charge in [-0.1, -0.05) is 50.0 Å². The van der Waals surface area contributed by atoms with E-state index in [-0.39, 0.29) is 11.0 Å². The summed E-state index contributed by atoms with van der Waals surface area (Å²) in [5.74, 6) is 0.644. The number of carbonyl (C=O) groups excluding carboxylic acids is 1. The Morgan fingerprint density at radius 2 is 1.66 bits per heavy atom. The number of benzene rings is 2. The number of unbranched alkanes of at least 4 members (excludes halogenated alkanes) is 1. The first kappa shape index (κ1) is 31.2. The van der Waals surface area contributed by atoms with Crippen molar-refractivity contribution in [3.63, 3.8) is 0 Å². The third-order valence-electron chi connectivity index (χ3n) is 7.27. The number of hydrogen-bond donors (Lipinski definition) is 1. The van der Waals surface area contributed by atoms with Crippen LogP contribution in [0.4, 0.5) is 10.5 Å². The number of nitrogens with zero attached hydrogens (tertiary/aromatic N) is 3. The minimum Gasteiger partial charge on any atom is -0.494 e. The highest BCUT2D eigenvalue weighted by molar-refractivity contribution is 6.43. The van der Waals surface area contributed by atoms with Crippen molar-refractivity contribution in [1.29, 1.82) is 0 Å². The summed E-state index contributed by atoms with van der Waals surface area (Å²) in [6, 6.07) is 14.1. The Hall–Kier alpha value is -2.74. The zero-order chi connectivity index (χ0) is 29.8. The van der Waals surface area contributed by atoms with Crippen LogP contribution in [0.5, 0.6) is 5.75 Å². The van der Waals surface area contributed by atoms with Gasteiger partial charge in [0.15, 0.2) is 0 Å². The Bertz CT molecular complexity index is 1420. The molecule has 2 aromatic carbocycles. The highest BCUT2D eigenvalue weighted by Crippen LogP contribution is 2.33. The van der Waals surface area contributed by atoms with Crippen LogP contribution in [-0.2, 0) is 0 Å². The fraction of sp³-hybridized carbons (Fsp3) is 0.500. The van der Waals surface area contributed by atoms with Crippen LogP contribution in [0.1, 0.15) is 53.9 Å². The number of rotatable bonds is 9. The smallest absolute Gasteiger partial charge is 0.329 e. The van der Waals surface area contributed by atoms with E-state index in [0.717, 1.165) is 63.1 Å². The van der Waals surface area contributed by atoms with Gasteiger partial charge >= 0.3 is 6.03 Å². The Kier molecular flexibility index (Phi) is 9.93. The van der Waals surface area contributed by atoms with E-state index in [1.165, 1.54) is 10.6 Å². The summed E-state index contributed by atoms with van der Waals surface area (Å²) in [7, 11) is 0. The van der Waals surface area contributed by atoms with Crippen molar-refractivity contribution >= 4 is 45.8 Å². The maximum Gasteiger partial charge on any atom is 0.329 e. The van der Waals surface area contributed by atoms with Crippen molar-refractivity contribution in [2.75, 3.05) is 44.2 Å². The molecule has 7 nitrogen and oxygen atoms in total. The molecule has 4 rings (SSSR count). The molecule has 1 aliphatic heterocycles. The molecule has 1 amide bonds. The Balaban J connectivity index is 1.29. The number of carbonyl (C=O) groups is 1. The van der Waals surface area contributed by atoms with E-state index < -0.39 is 11.6 Å². The summed E-state index contributed by atoms with van der Waals surface area (Å²) in [5.41, 5.74) is 0.730. The summed E-state index contributed by atoms with van der Waals surface area (Å²) in [6.07, 6.45) is 2.69. The first-order valence-electron chi connectivity index (χ1n) is 14.4. The van der Waals surface area contributed by atoms with Crippen LogP contribution in [0.2, 0.25) is 10.0 Å². The highest BCUT2D eigenvalue weighted by Gasteiger charge is 2.28. The summed E-state index contributed by atoms with van der Waals surface area (Å²) in [4.78, 5) is 30.8. The van der Waals surface area contributed by atoms with E-state index in [1.54, 1.807) is 12.1 Å². The molecule has 1 aromatic heterocycles. The van der Waals surface area contributed by atoms with Crippen molar-refractivity contribution in [3.05, 3.63) is 68.9 Å². The molecule has 0 radical (unpaired) electrons. The van der Waals surface area contributed by atoms with E-state index in [2.05, 4.69) is 35.9 Å². The number of fused-ring (bicyclic) bond motifs is 1. The molecule has 2 heterocycles. The molecule has 1 saturated heterocycles. The summed E-state index contributed by atoms with van der Waals surface area (Å²) >= 11 is 12.6. The number of anilines is 1. The molecule has 1 fully saturated rings. The van der Waals surface area contributed by atoms with E-state index in [9.17, 15) is 9.59 Å². The number of ether oxygens (including phenoxy) is 1. The lowest BCUT2D eigenvalue weighted by molar-refractivity contribution is 0.212. The number of hydrogen-bond acceptors (Lipinski definition) is 5. The normalized spacial score (nSPS) is 14.9. The van der Waals surface area contributed by atoms with E-state index in [0.29, 0.717) is 27.9 Å². The van der Waals surface area contributed by atoms with Crippen molar-refractivity contribution in [2.45, 2.75) is 59.4 Å². The molecule has 41 heavy (non-hydrogen) atoms. The number of pyridine rings is 1. The van der Waals surface area contributed by atoms with Gasteiger partial charge in [0.05, 0.1) is 27.9 Å². The molecule has 1 N–H and O–H groups in total. The lowest BCUT2D eigenvalue weighted by Gasteiger charge is -2.36. The van der Waals surface area contributed by atoms with Crippen LogP contribution >= 0.6 is 23.2 Å². The second kappa shape index (κ2) is 13.1. The van der Waals surface area contributed by atoms with Crippen molar-refractivity contribution in [3.8, 4) is 5.75 Å². The predicted octanol–water partition coefficient (Wildman–Crippen LogP) is 7.06. The monoisotopic (exact) mass is 600 g/mol. The lowest BCUT2D eigenvalue weighted by Crippen LogP contribution is -2.49. The summed E-state index contributed by atoms with van der Waals surface area (Å²) in [6.45, 7) is 15.7. The zero-order valence-corrected chi connectivity index (χ0v) is 26.3. The third kappa shape index (κ3) is 8.40. The van der Waals surface area contributed by atoms with Crippen molar-refractivity contribution < 1.29 is 9.53 Å². The average Bonchev–Trinajstić information content (AvgIpc) is 2.88. The van der Waals surface area contributed by atoms with Crippen LogP contribution in [0, 0.1) is 5.41 Å². The molecule has 0 spiro atoms. The second-order valence-corrected chi connectivity index (χ2v) is 13.5. The van der Waals surface area contributed by atoms with Crippen LogP contribution in [0.25, 0.3) is 10.9 Å². The zero-order valence-electron chi connectivity index (χ0n) is 24.8. The molecular formula is C32H42Cl2N4O3. The van der Waals surface area contributed by atoms with Gasteiger partial charge in [0.25, 0.3) is 5.56 Å². The number of amides is 1. The standard InChI is InChI=1S/C32H42Cl2N4O3/c1-31(2,3)22-32(4,5)35-30(40)38-27-21-24(13-11-23(27)12-14-28(38)39)41-20-7-6-15-36-16-18-37(19-17-36)26-10-8-9-25(33)29(26)34/h8-14,21H,6-7,15-20,22H2,1-5H3,(H,35,40). The van der Waals surface area contributed by atoms with Gasteiger partial charge in [0.2, 0.25) is 0 Å². The lowest BCUT2D eigenvalue weighted by atomic mass is 9.82. The largest absolute Gasteiger partial charge is 0.494 e. The van der Waals surface area contributed by atoms with Gasteiger partial charge in [-0.3, -0.25) is 9.69 Å². The van der Waals surface area contributed by atoms with Gasteiger partial charge in [-0.25, -0.2) is 9.36 Å². The number of aromatic nitrogens is 1. The van der Waals surface area contributed by atoms with Crippen LogP contribution < -0.4 is 20.5 Å². The van der Waals surface area contributed by atoms with E-state index in [1.807, 2.05) is 44.2 Å². The molecule has 3 aromatic rings. The van der Waals surface area contributed by atoms with Gasteiger partial charge in [-0.15, -0.1) is 0 Å². The van der Waals surface area contributed by atoms with Crippen molar-refractivity contribution in [1.82, 2.24) is 14.8 Å². The van der Waals surface area contributed by atoms with Crippen LogP contribution in [0.3, 0.4) is 0 Å². The predicted molar refractivity (Wildman–Crippen MR) is 170 cm³/mol. The first-order valence-corrected chi connectivity index (χ1v) is 15.1. The topological polar surface area (TPSA) is 66.8 Å². The molecule has 0 saturated carbocycles. The molecular weight excluding hydrogens is 559 g/mol. The third-order valence-corrected chi connectivity index (χ3v) is 8.08. The van der Waals surface area contributed by atoms with Gasteiger partial charge in [-0.05, 0) is 80.8 Å². The Morgan fingerprint density at radius 1 is 0.951 bits per heavy atom. The van der Waals surface area contributed by atoms with Crippen LogP contribution in [0.15, 0.2) is 53.3 Å². The number of halogens is 2. The molecule has 0 unspecified atom stereocenters.